The summed E-state index contributed by atoms with van der Waals surface area (Å²) < 4.78 is 11.4. The lowest BCUT2D eigenvalue weighted by molar-refractivity contribution is -0.171. The van der Waals surface area contributed by atoms with Crippen LogP contribution in [0.25, 0.3) is 0 Å². The Morgan fingerprint density at radius 1 is 0.371 bits per heavy atom. The number of ether oxygens (including phenoxy) is 2. The molecule has 7 heteroatoms. The first-order valence-electron chi connectivity index (χ1n) is 27.5. The summed E-state index contributed by atoms with van der Waals surface area (Å²) >= 11 is 0. The van der Waals surface area contributed by atoms with Crippen molar-refractivity contribution in [3.8, 4) is 0 Å². The Morgan fingerprint density at radius 3 is 0.984 bits per heavy atom. The average molecular weight is 876 g/mol. The number of carbonyl (C=O) groups excluding carboxylic acids is 4. The molecular weight excluding hydrogens is 771 g/mol. The molecule has 0 aliphatic carbocycles. The maximum Gasteiger partial charge on any atom is 0.323 e. The Hall–Kier alpha value is -1.76. The molecule has 0 aromatic rings. The van der Waals surface area contributed by atoms with Crippen LogP contribution in [0.15, 0.2) is 0 Å². The van der Waals surface area contributed by atoms with Gasteiger partial charge in [0.1, 0.15) is 6.04 Å². The molecule has 0 aromatic carbocycles. The minimum absolute atomic E-state index is 0.0152. The van der Waals surface area contributed by atoms with Gasteiger partial charge in [0, 0.05) is 19.3 Å². The molecule has 2 N–H and O–H groups in total. The van der Waals surface area contributed by atoms with Crippen LogP contribution in [0.1, 0.15) is 317 Å². The van der Waals surface area contributed by atoms with E-state index in [4.69, 9.17) is 15.2 Å². The van der Waals surface area contributed by atoms with Gasteiger partial charge >= 0.3 is 17.9 Å². The average Bonchev–Trinajstić information content (AvgIpc) is 3.26. The van der Waals surface area contributed by atoms with Gasteiger partial charge in [-0.2, -0.15) is 0 Å². The van der Waals surface area contributed by atoms with Crippen LogP contribution in [0.3, 0.4) is 0 Å². The number of nitrogens with two attached hydrogens (primary N) is 1. The van der Waals surface area contributed by atoms with Crippen molar-refractivity contribution in [3.05, 3.63) is 0 Å². The molecule has 62 heavy (non-hydrogen) atoms. The van der Waals surface area contributed by atoms with E-state index in [1.54, 1.807) is 0 Å². The molecule has 0 aromatic heterocycles. The van der Waals surface area contributed by atoms with Crippen molar-refractivity contribution in [1.29, 1.82) is 0 Å². The number of hydrogen-bond donors (Lipinski definition) is 1. The van der Waals surface area contributed by atoms with E-state index in [1.807, 2.05) is 0 Å². The molecule has 0 fully saturated rings. The van der Waals surface area contributed by atoms with E-state index < -0.39 is 29.6 Å². The highest BCUT2D eigenvalue weighted by Gasteiger charge is 2.41. The molecular formula is C55H105NO6. The zero-order chi connectivity index (χ0) is 45.6. The van der Waals surface area contributed by atoms with E-state index in [2.05, 4.69) is 27.7 Å². The highest BCUT2D eigenvalue weighted by atomic mass is 16.6. The smallest absolute Gasteiger partial charge is 0.323 e. The van der Waals surface area contributed by atoms with Crippen molar-refractivity contribution >= 4 is 23.7 Å². The van der Waals surface area contributed by atoms with Gasteiger partial charge in [-0.25, -0.2) is 0 Å². The summed E-state index contributed by atoms with van der Waals surface area (Å²) in [6.45, 7) is 8.96. The second-order valence-corrected chi connectivity index (χ2v) is 19.2. The minimum atomic E-state index is -1.18. The fourth-order valence-corrected chi connectivity index (χ4v) is 8.83. The highest BCUT2D eigenvalue weighted by molar-refractivity contribution is 5.90. The predicted molar refractivity (Wildman–Crippen MR) is 263 cm³/mol. The summed E-state index contributed by atoms with van der Waals surface area (Å²) in [6.07, 6.45) is 48.0. The van der Waals surface area contributed by atoms with E-state index in [-0.39, 0.29) is 25.0 Å². The van der Waals surface area contributed by atoms with Gasteiger partial charge in [0.05, 0.1) is 0 Å². The van der Waals surface area contributed by atoms with Crippen LogP contribution in [0.5, 0.6) is 0 Å². The highest BCUT2D eigenvalue weighted by Crippen LogP contribution is 2.32. The van der Waals surface area contributed by atoms with Crippen molar-refractivity contribution in [1.82, 2.24) is 0 Å². The van der Waals surface area contributed by atoms with Gasteiger partial charge in [0.15, 0.2) is 11.4 Å². The second-order valence-electron chi connectivity index (χ2n) is 19.2. The number of carbonyl (C=O) groups is 4. The molecule has 0 saturated carbocycles. The van der Waals surface area contributed by atoms with Crippen LogP contribution in [0, 0.1) is 0 Å². The first-order chi connectivity index (χ1) is 30.3. The van der Waals surface area contributed by atoms with Crippen molar-refractivity contribution in [2.24, 2.45) is 5.73 Å². The standard InChI is InChI=1S/C55H105NO6/c1-5-9-13-17-21-24-25-26-27-28-29-31-33-36-40-44-51(57)55(48-42-38-20-16-12-8-4,49-43-39-35-32-23-19-15-11-7-3)62-54(60)50(56)46-47-53(59)61-52(58)45-41-37-34-30-22-18-14-10-6-2/h50H,5-49,56H2,1-4H3/t50-,55?/m0/s1. The SMILES string of the molecule is CCCCCCCCCCCCCCCCCC(=O)C(CCCCCCCC)(CCCCCCCCCCC)OC(=O)[C@@H](N)CCC(=O)OC(=O)CCCCCCCCCCC. The van der Waals surface area contributed by atoms with Gasteiger partial charge < -0.3 is 15.2 Å². The van der Waals surface area contributed by atoms with Gasteiger partial charge in [-0.05, 0) is 44.9 Å². The third-order valence-electron chi connectivity index (χ3n) is 13.1. The summed E-state index contributed by atoms with van der Waals surface area (Å²) in [5.74, 6) is -1.75. The second kappa shape index (κ2) is 45.8. The van der Waals surface area contributed by atoms with E-state index in [1.165, 1.54) is 173 Å². The number of ketones is 1. The van der Waals surface area contributed by atoms with Crippen LogP contribution in [-0.2, 0) is 28.7 Å². The largest absolute Gasteiger partial charge is 0.450 e. The Labute approximate surface area is 385 Å². The topological polar surface area (TPSA) is 113 Å². The summed E-state index contributed by atoms with van der Waals surface area (Å²) in [6, 6.07) is -1.07. The molecule has 0 aliphatic rings. The molecule has 366 valence electrons. The normalized spacial score (nSPS) is 12.9. The molecule has 0 heterocycles. The van der Waals surface area contributed by atoms with Gasteiger partial charge in [0.2, 0.25) is 0 Å². The lowest BCUT2D eigenvalue weighted by atomic mass is 9.83. The van der Waals surface area contributed by atoms with Crippen LogP contribution in [-0.4, -0.2) is 35.3 Å². The van der Waals surface area contributed by atoms with Crippen molar-refractivity contribution in [2.75, 3.05) is 0 Å². The molecule has 0 spiro atoms. The zero-order valence-electron chi connectivity index (χ0n) is 41.9. The molecule has 0 bridgehead atoms. The first-order valence-corrected chi connectivity index (χ1v) is 27.5. The summed E-state index contributed by atoms with van der Waals surface area (Å²) in [5.41, 5.74) is 5.20. The molecule has 1 unspecified atom stereocenters. The van der Waals surface area contributed by atoms with E-state index in [9.17, 15) is 19.2 Å². The summed E-state index contributed by atoms with van der Waals surface area (Å²) in [5, 5.41) is 0. The number of rotatable bonds is 49. The van der Waals surface area contributed by atoms with Crippen molar-refractivity contribution in [2.45, 2.75) is 328 Å². The van der Waals surface area contributed by atoms with Gasteiger partial charge in [0.25, 0.3) is 0 Å². The fourth-order valence-electron chi connectivity index (χ4n) is 8.83. The van der Waals surface area contributed by atoms with Crippen LogP contribution >= 0.6 is 0 Å². The Morgan fingerprint density at radius 2 is 0.645 bits per heavy atom. The number of unbranched alkanes of at least 4 members (excludes halogenated alkanes) is 35. The number of esters is 3. The fraction of sp³-hybridized carbons (Fsp3) is 0.927. The molecule has 7 nitrogen and oxygen atoms in total. The van der Waals surface area contributed by atoms with Gasteiger partial charge in [-0.1, -0.05) is 252 Å². The predicted octanol–water partition coefficient (Wildman–Crippen LogP) is 16.9. The molecule has 0 radical (unpaired) electrons. The summed E-state index contributed by atoms with van der Waals surface area (Å²) in [7, 11) is 0. The van der Waals surface area contributed by atoms with Crippen LogP contribution in [0.2, 0.25) is 0 Å². The molecule has 0 aliphatic heterocycles. The van der Waals surface area contributed by atoms with E-state index in [0.717, 1.165) is 70.6 Å². The number of Topliss-reactive ketones (excluding diaryl/α,β-unsaturated/α-hetero) is 1. The minimum Gasteiger partial charge on any atom is -0.450 e. The third kappa shape index (κ3) is 37.6. The maximum absolute atomic E-state index is 14.3. The third-order valence-corrected chi connectivity index (χ3v) is 13.1. The molecule has 2 atom stereocenters. The lowest BCUT2D eigenvalue weighted by Gasteiger charge is -2.34. The van der Waals surface area contributed by atoms with Crippen molar-refractivity contribution < 1.29 is 28.7 Å². The quantitative estimate of drug-likeness (QED) is 0.0368. The Bertz CT molecular complexity index is 1030. The van der Waals surface area contributed by atoms with Crippen molar-refractivity contribution in [3.63, 3.8) is 0 Å². The van der Waals surface area contributed by atoms with Gasteiger partial charge in [-0.15, -0.1) is 0 Å². The monoisotopic (exact) mass is 876 g/mol. The maximum atomic E-state index is 14.3. The molecule has 0 rings (SSSR count). The van der Waals surface area contributed by atoms with Crippen LogP contribution in [0.4, 0.5) is 0 Å². The zero-order valence-corrected chi connectivity index (χ0v) is 41.9. The Kier molecular flexibility index (Phi) is 44.5. The Balaban J connectivity index is 5.24. The summed E-state index contributed by atoms with van der Waals surface area (Å²) in [4.78, 5) is 53.0. The lowest BCUT2D eigenvalue weighted by Crippen LogP contribution is -2.47. The van der Waals surface area contributed by atoms with E-state index in [0.29, 0.717) is 25.7 Å². The molecule has 0 saturated heterocycles. The number of hydrogen-bond acceptors (Lipinski definition) is 7. The molecule has 0 amide bonds. The van der Waals surface area contributed by atoms with Gasteiger partial charge in [-0.3, -0.25) is 19.2 Å². The van der Waals surface area contributed by atoms with Crippen LogP contribution < -0.4 is 5.73 Å². The van der Waals surface area contributed by atoms with E-state index >= 15 is 0 Å². The first kappa shape index (κ1) is 60.2.